The number of ether oxygens (including phenoxy) is 1. The van der Waals surface area contributed by atoms with Gasteiger partial charge in [-0.1, -0.05) is 12.1 Å². The zero-order valence-electron chi connectivity index (χ0n) is 18.1. The van der Waals surface area contributed by atoms with Gasteiger partial charge < -0.3 is 19.4 Å². The third-order valence-electron chi connectivity index (χ3n) is 4.89. The maximum absolute atomic E-state index is 13.6. The normalized spacial score (nSPS) is 18.5. The molecular weight excluding hydrogens is 376 g/mol. The number of alkyl carbamates (subject to hydrolysis) is 1. The number of carbonyl (C=O) groups is 2. The molecule has 1 saturated heterocycles. The summed E-state index contributed by atoms with van der Waals surface area (Å²) in [5.41, 5.74) is -0.623. The average molecular weight is 405 g/mol. The fourth-order valence-corrected chi connectivity index (χ4v) is 2.64. The van der Waals surface area contributed by atoms with Crippen LogP contribution in [0.15, 0.2) is 23.7 Å². The molecule has 0 unspecified atom stereocenters. The van der Waals surface area contributed by atoms with E-state index >= 15 is 0 Å². The van der Waals surface area contributed by atoms with Crippen molar-refractivity contribution in [3.05, 3.63) is 40.6 Å². The molecule has 1 N–H and O–H groups in total. The predicted octanol–water partition coefficient (Wildman–Crippen LogP) is 4.18. The zero-order chi connectivity index (χ0) is 22.0. The Morgan fingerprint density at radius 1 is 1.21 bits per heavy atom. The summed E-state index contributed by atoms with van der Waals surface area (Å²) in [6.07, 6.45) is 1.60. The van der Waals surface area contributed by atoms with Crippen LogP contribution in [-0.4, -0.2) is 42.8 Å². The van der Waals surface area contributed by atoms with Crippen LogP contribution in [0.5, 0.6) is 0 Å². The number of nitrogens with one attached hydrogen (secondary N) is 1. The predicted molar refractivity (Wildman–Crippen MR) is 110 cm³/mol. The smallest absolute Gasteiger partial charge is 0.444 e. The van der Waals surface area contributed by atoms with Crippen molar-refractivity contribution in [2.45, 2.75) is 65.3 Å². The van der Waals surface area contributed by atoms with Gasteiger partial charge in [0, 0.05) is 6.54 Å². The second-order valence-electron chi connectivity index (χ2n) is 9.06. The van der Waals surface area contributed by atoms with Crippen molar-refractivity contribution in [1.29, 1.82) is 0 Å². The van der Waals surface area contributed by atoms with E-state index in [9.17, 15) is 14.0 Å². The van der Waals surface area contributed by atoms with Gasteiger partial charge in [-0.2, -0.15) is 0 Å². The molecular formula is C21H29BFNO5. The van der Waals surface area contributed by atoms with E-state index in [1.165, 1.54) is 12.1 Å². The van der Waals surface area contributed by atoms with Gasteiger partial charge >= 0.3 is 13.2 Å². The topological polar surface area (TPSA) is 73.9 Å². The molecule has 158 valence electrons. The first-order valence-electron chi connectivity index (χ1n) is 9.52. The van der Waals surface area contributed by atoms with E-state index in [0.29, 0.717) is 17.3 Å². The van der Waals surface area contributed by atoms with Crippen LogP contribution in [0.4, 0.5) is 9.18 Å². The second-order valence-corrected chi connectivity index (χ2v) is 9.06. The molecule has 0 bridgehead atoms. The molecule has 0 radical (unpaired) electrons. The minimum Gasteiger partial charge on any atom is -0.444 e. The van der Waals surface area contributed by atoms with Crippen LogP contribution >= 0.6 is 0 Å². The lowest BCUT2D eigenvalue weighted by Gasteiger charge is -2.32. The highest BCUT2D eigenvalue weighted by Crippen LogP contribution is 2.38. The van der Waals surface area contributed by atoms with E-state index < -0.39 is 35.8 Å². The molecule has 0 aliphatic carbocycles. The molecule has 29 heavy (non-hydrogen) atoms. The van der Waals surface area contributed by atoms with Crippen molar-refractivity contribution >= 4 is 25.6 Å². The van der Waals surface area contributed by atoms with E-state index in [1.807, 2.05) is 27.7 Å². The summed E-state index contributed by atoms with van der Waals surface area (Å²) < 4.78 is 31.1. The maximum Gasteiger partial charge on any atom is 0.492 e. The van der Waals surface area contributed by atoms with Crippen molar-refractivity contribution in [2.75, 3.05) is 6.54 Å². The van der Waals surface area contributed by atoms with Crippen LogP contribution in [-0.2, 0) is 14.0 Å². The molecule has 1 aliphatic heterocycles. The van der Waals surface area contributed by atoms with Crippen molar-refractivity contribution in [2.24, 2.45) is 0 Å². The molecule has 1 aliphatic rings. The van der Waals surface area contributed by atoms with Gasteiger partial charge in [0.15, 0.2) is 6.29 Å². The SMILES string of the molecule is CC(C)(C)OC(=O)NCC(=Cc1ccc(F)c(C=O)c1)B1OC(C)(C)C(C)(C)O1. The molecule has 1 amide bonds. The standard InChI is InChI=1S/C21H29BFNO5/c1-19(2,3)27-18(26)24-12-16(22-28-20(4,5)21(6,7)29-22)11-14-8-9-17(23)15(10-14)13-25/h8-11,13H,12H2,1-7H3,(H,24,26). The summed E-state index contributed by atoms with van der Waals surface area (Å²) in [7, 11) is -0.723. The summed E-state index contributed by atoms with van der Waals surface area (Å²) in [5.74, 6) is -0.596. The molecule has 2 rings (SSSR count). The molecule has 1 fully saturated rings. The molecule has 6 nitrogen and oxygen atoms in total. The fraction of sp³-hybridized carbons (Fsp3) is 0.524. The number of amides is 1. The molecule has 0 saturated carbocycles. The van der Waals surface area contributed by atoms with Crippen LogP contribution in [0.1, 0.15) is 64.4 Å². The largest absolute Gasteiger partial charge is 0.492 e. The van der Waals surface area contributed by atoms with Gasteiger partial charge in [0.1, 0.15) is 11.4 Å². The van der Waals surface area contributed by atoms with E-state index in [4.69, 9.17) is 14.0 Å². The van der Waals surface area contributed by atoms with Crippen molar-refractivity contribution in [3.8, 4) is 0 Å². The quantitative estimate of drug-likeness (QED) is 0.588. The Kier molecular flexibility index (Phi) is 6.60. The molecule has 1 aromatic carbocycles. The number of rotatable bonds is 5. The zero-order valence-corrected chi connectivity index (χ0v) is 18.1. The van der Waals surface area contributed by atoms with Gasteiger partial charge in [-0.3, -0.25) is 4.79 Å². The highest BCUT2D eigenvalue weighted by atomic mass is 19.1. The molecule has 0 spiro atoms. The lowest BCUT2D eigenvalue weighted by molar-refractivity contribution is 0.00578. The van der Waals surface area contributed by atoms with Gasteiger partial charge in [-0.15, -0.1) is 0 Å². The van der Waals surface area contributed by atoms with Gasteiger partial charge in [0.25, 0.3) is 0 Å². The Bertz CT molecular complexity index is 798. The van der Waals surface area contributed by atoms with Crippen LogP contribution in [0.2, 0.25) is 0 Å². The molecule has 8 heteroatoms. The lowest BCUT2D eigenvalue weighted by atomic mass is 9.77. The Labute approximate surface area is 171 Å². The number of halogens is 1. The minimum atomic E-state index is -0.723. The van der Waals surface area contributed by atoms with Crippen LogP contribution in [0.25, 0.3) is 6.08 Å². The Morgan fingerprint density at radius 3 is 2.31 bits per heavy atom. The monoisotopic (exact) mass is 405 g/mol. The van der Waals surface area contributed by atoms with Crippen LogP contribution in [0, 0.1) is 5.82 Å². The van der Waals surface area contributed by atoms with Gasteiger partial charge in [0.2, 0.25) is 0 Å². The van der Waals surface area contributed by atoms with Crippen molar-refractivity contribution in [3.63, 3.8) is 0 Å². The number of carbonyl (C=O) groups excluding carboxylic acids is 2. The fourth-order valence-electron chi connectivity index (χ4n) is 2.64. The molecule has 0 aromatic heterocycles. The summed E-state index contributed by atoms with van der Waals surface area (Å²) >= 11 is 0. The van der Waals surface area contributed by atoms with E-state index in [2.05, 4.69) is 5.32 Å². The Hall–Kier alpha value is -2.19. The third-order valence-corrected chi connectivity index (χ3v) is 4.89. The molecule has 0 atom stereocenters. The second kappa shape index (κ2) is 8.28. The number of hydrogen-bond acceptors (Lipinski definition) is 5. The van der Waals surface area contributed by atoms with Gasteiger partial charge in [-0.05, 0) is 71.6 Å². The van der Waals surface area contributed by atoms with Crippen LogP contribution in [0.3, 0.4) is 0 Å². The van der Waals surface area contributed by atoms with E-state index in [-0.39, 0.29) is 12.1 Å². The van der Waals surface area contributed by atoms with E-state index in [0.717, 1.165) is 0 Å². The first-order valence-corrected chi connectivity index (χ1v) is 9.52. The summed E-state index contributed by atoms with van der Waals surface area (Å²) in [6, 6.07) is 4.20. The minimum absolute atomic E-state index is 0.0490. The first-order chi connectivity index (χ1) is 13.2. The average Bonchev–Trinajstić information content (AvgIpc) is 2.79. The highest BCUT2D eigenvalue weighted by Gasteiger charge is 2.52. The number of benzene rings is 1. The van der Waals surface area contributed by atoms with Crippen molar-refractivity contribution < 1.29 is 28.0 Å². The molecule has 1 heterocycles. The van der Waals surface area contributed by atoms with Gasteiger partial charge in [-0.25, -0.2) is 9.18 Å². The Balaban J connectivity index is 2.31. The highest BCUT2D eigenvalue weighted by molar-refractivity contribution is 6.56. The molecule has 1 aromatic rings. The lowest BCUT2D eigenvalue weighted by Crippen LogP contribution is -2.41. The third kappa shape index (κ3) is 5.90. The van der Waals surface area contributed by atoms with Crippen LogP contribution < -0.4 is 5.32 Å². The van der Waals surface area contributed by atoms with Crippen molar-refractivity contribution in [1.82, 2.24) is 5.32 Å². The summed E-state index contributed by atoms with van der Waals surface area (Å²) in [6.45, 7) is 13.1. The number of hydrogen-bond donors (Lipinski definition) is 1. The Morgan fingerprint density at radius 2 is 1.79 bits per heavy atom. The summed E-state index contributed by atoms with van der Waals surface area (Å²) in [4.78, 5) is 23.1. The van der Waals surface area contributed by atoms with E-state index in [1.54, 1.807) is 32.9 Å². The first kappa shape index (κ1) is 23.1. The van der Waals surface area contributed by atoms with Gasteiger partial charge in [0.05, 0.1) is 16.8 Å². The summed E-state index contributed by atoms with van der Waals surface area (Å²) in [5, 5.41) is 2.70. The maximum atomic E-state index is 13.6. The number of aldehydes is 1.